The average molecular weight is 282 g/mol. The van der Waals surface area contributed by atoms with Crippen LogP contribution >= 0.6 is 0 Å². The minimum absolute atomic E-state index is 0.288. The minimum atomic E-state index is -1.59. The standard InChI is InChI=1S/C16H31NOSi/c1-16(2,3)19(4,5)18-12-7-6-9-14-10-8-11-15(17)13-14/h14-15H,7-8,10-13,17H2,1-5H3. The fourth-order valence-electron chi connectivity index (χ4n) is 2.15. The first kappa shape index (κ1) is 16.8. The molecule has 0 aromatic carbocycles. The maximum atomic E-state index is 6.12. The van der Waals surface area contributed by atoms with Crippen molar-refractivity contribution in [2.24, 2.45) is 11.7 Å². The van der Waals surface area contributed by atoms with Crippen molar-refractivity contribution < 1.29 is 4.43 Å². The molecule has 0 amide bonds. The third kappa shape index (κ3) is 5.68. The fraction of sp³-hybridized carbons (Fsp3) is 0.875. The van der Waals surface area contributed by atoms with Crippen LogP contribution in [-0.2, 0) is 4.43 Å². The van der Waals surface area contributed by atoms with Crippen LogP contribution < -0.4 is 5.73 Å². The normalized spacial score (nSPS) is 24.7. The topological polar surface area (TPSA) is 35.2 Å². The van der Waals surface area contributed by atoms with Crippen molar-refractivity contribution in [2.45, 2.75) is 77.0 Å². The third-order valence-electron chi connectivity index (χ3n) is 4.52. The fourth-order valence-corrected chi connectivity index (χ4v) is 3.19. The van der Waals surface area contributed by atoms with E-state index < -0.39 is 8.32 Å². The second-order valence-electron chi connectivity index (χ2n) is 7.30. The summed E-state index contributed by atoms with van der Waals surface area (Å²) in [5.41, 5.74) is 5.97. The first-order valence-electron chi connectivity index (χ1n) is 7.60. The van der Waals surface area contributed by atoms with Gasteiger partial charge in [0.1, 0.15) is 0 Å². The molecular weight excluding hydrogens is 250 g/mol. The van der Waals surface area contributed by atoms with Crippen molar-refractivity contribution >= 4 is 8.32 Å². The van der Waals surface area contributed by atoms with Gasteiger partial charge in [-0.05, 0) is 37.4 Å². The summed E-state index contributed by atoms with van der Waals surface area (Å²) in [6.07, 6.45) is 5.58. The molecule has 0 bridgehead atoms. The van der Waals surface area contributed by atoms with Gasteiger partial charge in [0.2, 0.25) is 0 Å². The Labute approximate surface area is 120 Å². The van der Waals surface area contributed by atoms with Crippen LogP contribution in [0.1, 0.15) is 52.9 Å². The Bertz CT molecular complexity index is 335. The maximum absolute atomic E-state index is 6.12. The summed E-state index contributed by atoms with van der Waals surface area (Å²) in [6, 6.07) is 0.372. The van der Waals surface area contributed by atoms with Crippen molar-refractivity contribution in [1.82, 2.24) is 0 Å². The maximum Gasteiger partial charge on any atom is 0.192 e. The Kier molecular flexibility index (Phi) is 6.10. The molecule has 0 aliphatic heterocycles. The van der Waals surface area contributed by atoms with Crippen LogP contribution in [0.15, 0.2) is 0 Å². The predicted molar refractivity (Wildman–Crippen MR) is 85.5 cm³/mol. The summed E-state index contributed by atoms with van der Waals surface area (Å²) in [5, 5.41) is 0.288. The van der Waals surface area contributed by atoms with Gasteiger partial charge in [-0.25, -0.2) is 0 Å². The van der Waals surface area contributed by atoms with Crippen LogP contribution in [0.25, 0.3) is 0 Å². The molecule has 2 atom stereocenters. The highest BCUT2D eigenvalue weighted by atomic mass is 28.4. The van der Waals surface area contributed by atoms with E-state index in [4.69, 9.17) is 10.2 Å². The molecule has 1 saturated carbocycles. The highest BCUT2D eigenvalue weighted by Crippen LogP contribution is 2.36. The van der Waals surface area contributed by atoms with Gasteiger partial charge >= 0.3 is 0 Å². The lowest BCUT2D eigenvalue weighted by atomic mass is 9.86. The summed E-state index contributed by atoms with van der Waals surface area (Å²) >= 11 is 0. The van der Waals surface area contributed by atoms with Gasteiger partial charge in [0.15, 0.2) is 8.32 Å². The van der Waals surface area contributed by atoms with Gasteiger partial charge in [-0.3, -0.25) is 0 Å². The van der Waals surface area contributed by atoms with E-state index in [9.17, 15) is 0 Å². The largest absolute Gasteiger partial charge is 0.416 e. The molecule has 2 unspecified atom stereocenters. The van der Waals surface area contributed by atoms with Crippen molar-refractivity contribution in [2.75, 3.05) is 6.61 Å². The van der Waals surface area contributed by atoms with Gasteiger partial charge in [0, 0.05) is 25.0 Å². The molecule has 1 aliphatic rings. The van der Waals surface area contributed by atoms with Gasteiger partial charge in [0.25, 0.3) is 0 Å². The van der Waals surface area contributed by atoms with Crippen LogP contribution in [0, 0.1) is 17.8 Å². The Hall–Kier alpha value is -0.303. The van der Waals surface area contributed by atoms with Gasteiger partial charge in [-0.2, -0.15) is 0 Å². The Morgan fingerprint density at radius 3 is 2.53 bits per heavy atom. The number of rotatable bonds is 3. The minimum Gasteiger partial charge on any atom is -0.416 e. The van der Waals surface area contributed by atoms with E-state index in [1.54, 1.807) is 0 Å². The molecule has 2 N–H and O–H groups in total. The number of hydrogen-bond donors (Lipinski definition) is 1. The number of nitrogens with two attached hydrogens (primary N) is 1. The van der Waals surface area contributed by atoms with E-state index in [1.807, 2.05) is 0 Å². The second kappa shape index (κ2) is 6.92. The van der Waals surface area contributed by atoms with Crippen molar-refractivity contribution in [3.63, 3.8) is 0 Å². The molecule has 0 radical (unpaired) electrons. The monoisotopic (exact) mass is 281 g/mol. The SMILES string of the molecule is CC(C)(C)[Si](C)(C)OCCC#CC1CCCC(N)C1. The van der Waals surface area contributed by atoms with Gasteiger partial charge in [-0.15, -0.1) is 5.92 Å². The molecule has 0 heterocycles. The van der Waals surface area contributed by atoms with Crippen LogP contribution in [0.5, 0.6) is 0 Å². The summed E-state index contributed by atoms with van der Waals surface area (Å²) in [5.74, 6) is 7.20. The van der Waals surface area contributed by atoms with Crippen LogP contribution in [0.3, 0.4) is 0 Å². The van der Waals surface area contributed by atoms with Gasteiger partial charge in [-0.1, -0.05) is 33.1 Å². The molecule has 0 aromatic heterocycles. The summed E-state index contributed by atoms with van der Waals surface area (Å²) < 4.78 is 6.12. The summed E-state index contributed by atoms with van der Waals surface area (Å²) in [7, 11) is -1.59. The highest BCUT2D eigenvalue weighted by Gasteiger charge is 2.36. The summed E-state index contributed by atoms with van der Waals surface area (Å²) in [6.45, 7) is 12.2. The van der Waals surface area contributed by atoms with E-state index in [0.717, 1.165) is 19.4 Å². The molecule has 1 fully saturated rings. The smallest absolute Gasteiger partial charge is 0.192 e. The van der Waals surface area contributed by atoms with Crippen molar-refractivity contribution in [1.29, 1.82) is 0 Å². The Morgan fingerprint density at radius 2 is 1.95 bits per heavy atom. The van der Waals surface area contributed by atoms with Crippen LogP contribution in [0.4, 0.5) is 0 Å². The molecule has 110 valence electrons. The molecule has 0 saturated heterocycles. The quantitative estimate of drug-likeness (QED) is 0.483. The van der Waals surface area contributed by atoms with Crippen LogP contribution in [0.2, 0.25) is 18.1 Å². The third-order valence-corrected chi connectivity index (χ3v) is 9.06. The molecule has 0 spiro atoms. The lowest BCUT2D eigenvalue weighted by molar-refractivity contribution is 0.296. The molecule has 19 heavy (non-hydrogen) atoms. The molecule has 1 aliphatic carbocycles. The Balaban J connectivity index is 2.28. The van der Waals surface area contributed by atoms with Gasteiger partial charge in [0.05, 0.1) is 0 Å². The zero-order valence-corrected chi connectivity index (χ0v) is 14.4. The lowest BCUT2D eigenvalue weighted by Gasteiger charge is -2.35. The zero-order chi connectivity index (χ0) is 14.5. The average Bonchev–Trinajstić information content (AvgIpc) is 2.27. The van der Waals surface area contributed by atoms with Crippen LogP contribution in [-0.4, -0.2) is 21.0 Å². The second-order valence-corrected chi connectivity index (χ2v) is 12.1. The zero-order valence-electron chi connectivity index (χ0n) is 13.4. The predicted octanol–water partition coefficient (Wildman–Crippen LogP) is 3.92. The molecule has 1 rings (SSSR count). The first-order chi connectivity index (χ1) is 8.72. The highest BCUT2D eigenvalue weighted by molar-refractivity contribution is 6.74. The van der Waals surface area contributed by atoms with Gasteiger partial charge < -0.3 is 10.2 Å². The van der Waals surface area contributed by atoms with E-state index in [0.29, 0.717) is 12.0 Å². The van der Waals surface area contributed by atoms with E-state index in [-0.39, 0.29) is 5.04 Å². The first-order valence-corrected chi connectivity index (χ1v) is 10.5. The summed E-state index contributed by atoms with van der Waals surface area (Å²) in [4.78, 5) is 0. The van der Waals surface area contributed by atoms with E-state index in [1.165, 1.54) is 19.3 Å². The van der Waals surface area contributed by atoms with E-state index >= 15 is 0 Å². The molecule has 2 nitrogen and oxygen atoms in total. The molecule has 3 heteroatoms. The molecule has 0 aromatic rings. The molecular formula is C16H31NOSi. The van der Waals surface area contributed by atoms with E-state index in [2.05, 4.69) is 45.7 Å². The lowest BCUT2D eigenvalue weighted by Crippen LogP contribution is -2.40. The Morgan fingerprint density at radius 1 is 1.26 bits per heavy atom. The van der Waals surface area contributed by atoms with Crippen molar-refractivity contribution in [3.05, 3.63) is 0 Å². The number of hydrogen-bond acceptors (Lipinski definition) is 2. The van der Waals surface area contributed by atoms with Crippen molar-refractivity contribution in [3.8, 4) is 11.8 Å².